The first-order valence-electron chi connectivity index (χ1n) is 14.7. The molecule has 41 heavy (non-hydrogen) atoms. The van der Waals surface area contributed by atoms with Crippen molar-refractivity contribution in [2.24, 2.45) is 0 Å². The number of carbonyl (C=O) groups excluding carboxylic acids is 2. The van der Waals surface area contributed by atoms with E-state index in [1.807, 2.05) is 63.2 Å². The summed E-state index contributed by atoms with van der Waals surface area (Å²) in [4.78, 5) is 28.4. The lowest BCUT2D eigenvalue weighted by atomic mass is 9.75. The summed E-state index contributed by atoms with van der Waals surface area (Å²) in [7, 11) is 0. The van der Waals surface area contributed by atoms with E-state index in [0.717, 1.165) is 62.0 Å². The number of esters is 1. The molecule has 0 spiro atoms. The number of rotatable bonds is 10. The lowest BCUT2D eigenvalue weighted by molar-refractivity contribution is -0.156. The maximum atomic E-state index is 13.4. The minimum Gasteiger partial charge on any atom is -0.460 e. The van der Waals surface area contributed by atoms with Gasteiger partial charge in [0.05, 0.1) is 6.42 Å². The van der Waals surface area contributed by atoms with Crippen LogP contribution in [0.2, 0.25) is 0 Å². The smallest absolute Gasteiger partial charge is 0.307 e. The Kier molecular flexibility index (Phi) is 9.98. The number of hydrogen-bond donors (Lipinski definition) is 1. The standard InChI is InChI=1S/C35H43FN2O3/c1-34(2,3)41-32(39)25-35(4,27-11-6-5-7-12-27)21-10-22-38-23-19-29(20-24-38)37-33(40)31-14-9-8-13-30(31)26-15-17-28(36)18-16-26/h5-9,11-18,29H,10,19-25H2,1-4H3,(H,37,40). The van der Waals surface area contributed by atoms with Gasteiger partial charge in [0.2, 0.25) is 0 Å². The third-order valence-corrected chi connectivity index (χ3v) is 7.88. The molecule has 5 nitrogen and oxygen atoms in total. The first-order valence-corrected chi connectivity index (χ1v) is 14.7. The van der Waals surface area contributed by atoms with Crippen LogP contribution in [0.4, 0.5) is 4.39 Å². The highest BCUT2D eigenvalue weighted by Crippen LogP contribution is 2.34. The van der Waals surface area contributed by atoms with Crippen LogP contribution in [0.25, 0.3) is 11.1 Å². The van der Waals surface area contributed by atoms with Crippen molar-refractivity contribution in [2.45, 2.75) is 76.9 Å². The molecule has 1 saturated heterocycles. The summed E-state index contributed by atoms with van der Waals surface area (Å²) in [5.74, 6) is -0.555. The van der Waals surface area contributed by atoms with Crippen molar-refractivity contribution in [3.63, 3.8) is 0 Å². The van der Waals surface area contributed by atoms with E-state index in [1.54, 1.807) is 12.1 Å². The van der Waals surface area contributed by atoms with Gasteiger partial charge < -0.3 is 15.0 Å². The fourth-order valence-electron chi connectivity index (χ4n) is 5.69. The van der Waals surface area contributed by atoms with Gasteiger partial charge in [0.15, 0.2) is 0 Å². The van der Waals surface area contributed by atoms with Crippen molar-refractivity contribution < 1.29 is 18.7 Å². The van der Waals surface area contributed by atoms with E-state index in [9.17, 15) is 14.0 Å². The zero-order valence-corrected chi connectivity index (χ0v) is 24.8. The van der Waals surface area contributed by atoms with Crippen molar-refractivity contribution in [1.82, 2.24) is 10.2 Å². The molecule has 3 aromatic carbocycles. The van der Waals surface area contributed by atoms with Gasteiger partial charge in [0.25, 0.3) is 5.91 Å². The third kappa shape index (κ3) is 8.74. The van der Waals surface area contributed by atoms with Gasteiger partial charge in [-0.15, -0.1) is 0 Å². The summed E-state index contributed by atoms with van der Waals surface area (Å²) in [6.07, 6.45) is 3.97. The molecule has 1 unspecified atom stereocenters. The number of likely N-dealkylation sites (tertiary alicyclic amines) is 1. The lowest BCUT2D eigenvalue weighted by Crippen LogP contribution is -2.45. The fourth-order valence-corrected chi connectivity index (χ4v) is 5.69. The Bertz CT molecular complexity index is 1290. The molecule has 0 aliphatic carbocycles. The molecule has 0 radical (unpaired) electrons. The number of benzene rings is 3. The average Bonchev–Trinajstić information content (AvgIpc) is 2.94. The van der Waals surface area contributed by atoms with Gasteiger partial charge in [0, 0.05) is 30.1 Å². The minimum absolute atomic E-state index is 0.0934. The normalized spacial score (nSPS) is 16.1. The predicted molar refractivity (Wildman–Crippen MR) is 162 cm³/mol. The Labute approximate surface area is 244 Å². The van der Waals surface area contributed by atoms with E-state index < -0.39 is 5.60 Å². The Hall–Kier alpha value is -3.51. The molecule has 1 aliphatic rings. The van der Waals surface area contributed by atoms with Crippen LogP contribution in [0.5, 0.6) is 0 Å². The fraction of sp³-hybridized carbons (Fsp3) is 0.429. The summed E-state index contributed by atoms with van der Waals surface area (Å²) in [6.45, 7) is 10.7. The number of carbonyl (C=O) groups is 2. The van der Waals surface area contributed by atoms with E-state index in [2.05, 4.69) is 29.3 Å². The number of halogens is 1. The molecule has 1 aliphatic heterocycles. The average molecular weight is 559 g/mol. The summed E-state index contributed by atoms with van der Waals surface area (Å²) in [6, 6.07) is 24.1. The van der Waals surface area contributed by atoms with Gasteiger partial charge in [-0.05, 0) is 87.9 Å². The van der Waals surface area contributed by atoms with Gasteiger partial charge >= 0.3 is 5.97 Å². The van der Waals surface area contributed by atoms with Crippen molar-refractivity contribution in [3.8, 4) is 11.1 Å². The topological polar surface area (TPSA) is 58.6 Å². The van der Waals surface area contributed by atoms with Gasteiger partial charge in [-0.1, -0.05) is 67.6 Å². The molecule has 4 rings (SSSR count). The molecule has 0 aromatic heterocycles. The lowest BCUT2D eigenvalue weighted by Gasteiger charge is -2.34. The highest BCUT2D eigenvalue weighted by molar-refractivity contribution is 6.01. The minimum atomic E-state index is -0.503. The molecule has 6 heteroatoms. The van der Waals surface area contributed by atoms with E-state index in [1.165, 1.54) is 12.1 Å². The maximum absolute atomic E-state index is 13.4. The molecule has 1 N–H and O–H groups in total. The summed E-state index contributed by atoms with van der Waals surface area (Å²) in [5, 5.41) is 3.23. The molecular weight excluding hydrogens is 515 g/mol. The highest BCUT2D eigenvalue weighted by Gasteiger charge is 2.32. The molecule has 218 valence electrons. The summed E-state index contributed by atoms with van der Waals surface area (Å²) in [5.41, 5.74) is 2.59. The van der Waals surface area contributed by atoms with Crippen LogP contribution in [0.1, 0.15) is 75.7 Å². The van der Waals surface area contributed by atoms with Crippen LogP contribution >= 0.6 is 0 Å². The number of nitrogens with one attached hydrogen (secondary N) is 1. The van der Waals surface area contributed by atoms with Crippen molar-refractivity contribution in [2.75, 3.05) is 19.6 Å². The second-order valence-electron chi connectivity index (χ2n) is 12.4. The second-order valence-corrected chi connectivity index (χ2v) is 12.4. The largest absolute Gasteiger partial charge is 0.460 e. The van der Waals surface area contributed by atoms with Gasteiger partial charge in [-0.25, -0.2) is 4.39 Å². The highest BCUT2D eigenvalue weighted by atomic mass is 19.1. The number of nitrogens with zero attached hydrogens (tertiary/aromatic N) is 1. The van der Waals surface area contributed by atoms with Crippen LogP contribution < -0.4 is 5.32 Å². The van der Waals surface area contributed by atoms with E-state index in [-0.39, 0.29) is 29.2 Å². The molecule has 1 atom stereocenters. The molecule has 1 heterocycles. The molecule has 1 amide bonds. The van der Waals surface area contributed by atoms with E-state index in [0.29, 0.717) is 12.0 Å². The van der Waals surface area contributed by atoms with Gasteiger partial charge in [0.1, 0.15) is 11.4 Å². The SMILES string of the molecule is CC(C)(C)OC(=O)CC(C)(CCCN1CCC(NC(=O)c2ccccc2-c2ccc(F)cc2)CC1)c1ccccc1. The van der Waals surface area contributed by atoms with E-state index in [4.69, 9.17) is 4.74 Å². The summed E-state index contributed by atoms with van der Waals surface area (Å²) < 4.78 is 19.1. The van der Waals surface area contributed by atoms with Gasteiger partial charge in [-0.2, -0.15) is 0 Å². The predicted octanol–water partition coefficient (Wildman–Crippen LogP) is 7.16. The van der Waals surface area contributed by atoms with E-state index >= 15 is 0 Å². The molecule has 1 fully saturated rings. The number of ether oxygens (including phenoxy) is 1. The Morgan fingerprint density at radius 2 is 1.54 bits per heavy atom. The maximum Gasteiger partial charge on any atom is 0.307 e. The van der Waals surface area contributed by atoms with Crippen LogP contribution in [-0.4, -0.2) is 48.1 Å². The number of hydrogen-bond acceptors (Lipinski definition) is 4. The molecule has 0 saturated carbocycles. The first-order chi connectivity index (χ1) is 19.5. The van der Waals surface area contributed by atoms with Crippen LogP contribution in [0.15, 0.2) is 78.9 Å². The molecular formula is C35H43FN2O3. The Morgan fingerprint density at radius 3 is 2.20 bits per heavy atom. The Balaban J connectivity index is 1.29. The number of piperidine rings is 1. The first kappa shape index (κ1) is 30.4. The number of amides is 1. The molecule has 3 aromatic rings. The van der Waals surface area contributed by atoms with Crippen molar-refractivity contribution in [3.05, 3.63) is 95.8 Å². The Morgan fingerprint density at radius 1 is 0.902 bits per heavy atom. The zero-order chi connectivity index (χ0) is 29.5. The zero-order valence-electron chi connectivity index (χ0n) is 24.8. The third-order valence-electron chi connectivity index (χ3n) is 7.88. The van der Waals surface area contributed by atoms with Gasteiger partial charge in [-0.3, -0.25) is 9.59 Å². The van der Waals surface area contributed by atoms with Crippen LogP contribution in [0, 0.1) is 5.82 Å². The molecule has 0 bridgehead atoms. The quantitative estimate of drug-likeness (QED) is 0.268. The monoisotopic (exact) mass is 558 g/mol. The van der Waals surface area contributed by atoms with Crippen LogP contribution in [0.3, 0.4) is 0 Å². The van der Waals surface area contributed by atoms with Crippen molar-refractivity contribution >= 4 is 11.9 Å². The van der Waals surface area contributed by atoms with Crippen LogP contribution in [-0.2, 0) is 14.9 Å². The van der Waals surface area contributed by atoms with Crippen molar-refractivity contribution in [1.29, 1.82) is 0 Å². The second kappa shape index (κ2) is 13.4. The summed E-state index contributed by atoms with van der Waals surface area (Å²) >= 11 is 0.